The van der Waals surface area contributed by atoms with Gasteiger partial charge in [-0.3, -0.25) is 14.5 Å². The highest BCUT2D eigenvalue weighted by molar-refractivity contribution is 7.13. The first kappa shape index (κ1) is 27.2. The Hall–Kier alpha value is -2.85. The molecule has 3 aromatic rings. The third kappa shape index (κ3) is 7.13. The molecule has 37 heavy (non-hydrogen) atoms. The number of ether oxygens (including phenoxy) is 1. The molecule has 196 valence electrons. The minimum Gasteiger partial charge on any atom is -0.379 e. The number of halogens is 1. The lowest BCUT2D eigenvalue weighted by atomic mass is 10.1. The van der Waals surface area contributed by atoms with Crippen molar-refractivity contribution in [2.45, 2.75) is 39.3 Å². The maximum atomic E-state index is 12.7. The highest BCUT2D eigenvalue weighted by Gasteiger charge is 2.32. The Kier molecular flexibility index (Phi) is 9.26. The predicted octanol–water partition coefficient (Wildman–Crippen LogP) is 3.98. The quantitative estimate of drug-likeness (QED) is 0.464. The summed E-state index contributed by atoms with van der Waals surface area (Å²) in [6, 6.07) is 15.5. The molecule has 0 unspecified atom stereocenters. The molecule has 2 saturated heterocycles. The van der Waals surface area contributed by atoms with Gasteiger partial charge >= 0.3 is 0 Å². The van der Waals surface area contributed by atoms with Gasteiger partial charge in [-0.05, 0) is 41.8 Å². The first-order valence-electron chi connectivity index (χ1n) is 12.1. The zero-order valence-electron chi connectivity index (χ0n) is 19.9. The number of nitrogens with zero attached hydrogens (tertiary/aromatic N) is 4. The molecule has 8 nitrogen and oxygen atoms in total. The second kappa shape index (κ2) is 12.6. The predicted molar refractivity (Wildman–Crippen MR) is 146 cm³/mol. The van der Waals surface area contributed by atoms with Gasteiger partial charge < -0.3 is 15.0 Å². The van der Waals surface area contributed by atoms with E-state index < -0.39 is 0 Å². The van der Waals surface area contributed by atoms with Crippen LogP contribution >= 0.6 is 22.9 Å². The van der Waals surface area contributed by atoms with Gasteiger partial charge in [-0.1, -0.05) is 54.6 Å². The van der Waals surface area contributed by atoms with Crippen LogP contribution in [0.25, 0.3) is 0 Å². The smallest absolute Gasteiger partial charge is 0.282 e. The fraction of sp³-hybridized carbons (Fsp3) is 0.407. The first-order chi connectivity index (χ1) is 17.5. The summed E-state index contributed by atoms with van der Waals surface area (Å²) < 4.78 is 5.41. The van der Waals surface area contributed by atoms with Crippen LogP contribution in [0.1, 0.15) is 39.8 Å². The van der Waals surface area contributed by atoms with E-state index in [0.29, 0.717) is 23.0 Å². The van der Waals surface area contributed by atoms with Gasteiger partial charge in [0.1, 0.15) is 5.01 Å². The Morgan fingerprint density at radius 2 is 1.73 bits per heavy atom. The molecule has 2 amide bonds. The van der Waals surface area contributed by atoms with Gasteiger partial charge in [0.2, 0.25) is 10.9 Å². The van der Waals surface area contributed by atoms with Crippen LogP contribution < -0.4 is 10.2 Å². The van der Waals surface area contributed by atoms with Crippen molar-refractivity contribution in [2.24, 2.45) is 0 Å². The van der Waals surface area contributed by atoms with Crippen molar-refractivity contribution < 1.29 is 14.3 Å². The summed E-state index contributed by atoms with van der Waals surface area (Å²) in [7, 11) is 0. The van der Waals surface area contributed by atoms with Gasteiger partial charge in [0, 0.05) is 49.7 Å². The molecular weight excluding hydrogens is 510 g/mol. The van der Waals surface area contributed by atoms with Gasteiger partial charge in [0.05, 0.1) is 19.3 Å². The average molecular weight is 542 g/mol. The summed E-state index contributed by atoms with van der Waals surface area (Å²) in [4.78, 5) is 29.5. The second-order valence-corrected chi connectivity index (χ2v) is 10.6. The lowest BCUT2D eigenvalue weighted by Gasteiger charge is -2.26. The number of carbonyl (C=O) groups excluding carboxylic acids is 2. The Bertz CT molecular complexity index is 1200. The number of nitrogens with one attached hydrogen (secondary N) is 1. The van der Waals surface area contributed by atoms with Gasteiger partial charge in [-0.25, -0.2) is 0 Å². The van der Waals surface area contributed by atoms with Crippen LogP contribution in [0.15, 0.2) is 48.5 Å². The standard InChI is InChI=1S/C26H28ClN5O3S.CH4/c27-20-6-1-18(2-7-20)5-10-23-29-30-26(36-23)25(34)28-21-15-24(33)32(17-21)22-8-3-19(4-9-22)16-31-11-13-35-14-12-31;/h1-4,6-9,21H,5,10-17H2,(H,28,34);1H4/t21-;/m0./s1. The molecule has 1 atom stereocenters. The molecule has 5 rings (SSSR count). The number of amides is 2. The molecule has 0 aliphatic carbocycles. The van der Waals surface area contributed by atoms with Crippen molar-refractivity contribution in [1.82, 2.24) is 20.4 Å². The molecule has 0 saturated carbocycles. The Morgan fingerprint density at radius 1 is 1.03 bits per heavy atom. The van der Waals surface area contributed by atoms with E-state index in [-0.39, 0.29) is 31.7 Å². The summed E-state index contributed by atoms with van der Waals surface area (Å²) in [6.45, 7) is 4.73. The maximum absolute atomic E-state index is 12.7. The Morgan fingerprint density at radius 3 is 2.46 bits per heavy atom. The van der Waals surface area contributed by atoms with Crippen molar-refractivity contribution in [1.29, 1.82) is 0 Å². The largest absolute Gasteiger partial charge is 0.379 e. The number of hydrogen-bond acceptors (Lipinski definition) is 7. The minimum absolute atomic E-state index is 0. The molecular formula is C27H32ClN5O3S. The van der Waals surface area contributed by atoms with Crippen LogP contribution in [-0.2, 0) is 28.9 Å². The first-order valence-corrected chi connectivity index (χ1v) is 13.3. The molecule has 2 aromatic carbocycles. The number of carbonyl (C=O) groups is 2. The fourth-order valence-electron chi connectivity index (χ4n) is 4.45. The highest BCUT2D eigenvalue weighted by atomic mass is 35.5. The maximum Gasteiger partial charge on any atom is 0.282 e. The van der Waals surface area contributed by atoms with Crippen LogP contribution in [0.5, 0.6) is 0 Å². The molecule has 0 spiro atoms. The van der Waals surface area contributed by atoms with Gasteiger partial charge in [-0.2, -0.15) is 0 Å². The number of aromatic nitrogens is 2. The van der Waals surface area contributed by atoms with Gasteiger partial charge in [0.25, 0.3) is 5.91 Å². The van der Waals surface area contributed by atoms with Gasteiger partial charge in [-0.15, -0.1) is 10.2 Å². The molecule has 10 heteroatoms. The molecule has 2 fully saturated rings. The third-order valence-corrected chi connectivity index (χ3v) is 7.65. The Balaban J connectivity index is 0.00000320. The van der Waals surface area contributed by atoms with E-state index in [1.807, 2.05) is 36.4 Å². The van der Waals surface area contributed by atoms with Crippen LogP contribution in [0, 0.1) is 0 Å². The number of anilines is 1. The number of aryl methyl sites for hydroxylation is 2. The van der Waals surface area contributed by atoms with E-state index in [9.17, 15) is 9.59 Å². The molecule has 2 aliphatic rings. The number of benzene rings is 2. The van der Waals surface area contributed by atoms with Crippen molar-refractivity contribution in [3.05, 3.63) is 74.7 Å². The second-order valence-electron chi connectivity index (χ2n) is 9.06. The highest BCUT2D eigenvalue weighted by Crippen LogP contribution is 2.23. The topological polar surface area (TPSA) is 87.7 Å². The summed E-state index contributed by atoms with van der Waals surface area (Å²) in [5, 5.41) is 13.0. The molecule has 0 radical (unpaired) electrons. The van der Waals surface area contributed by atoms with Crippen molar-refractivity contribution in [3.8, 4) is 0 Å². The van der Waals surface area contributed by atoms with E-state index in [1.165, 1.54) is 16.9 Å². The molecule has 1 aromatic heterocycles. The molecule has 3 heterocycles. The number of hydrogen-bond donors (Lipinski definition) is 1. The lowest BCUT2D eigenvalue weighted by Crippen LogP contribution is -2.37. The van der Waals surface area contributed by atoms with E-state index in [2.05, 4.69) is 32.5 Å². The van der Waals surface area contributed by atoms with E-state index >= 15 is 0 Å². The number of morpholine rings is 1. The number of rotatable bonds is 8. The van der Waals surface area contributed by atoms with Crippen LogP contribution in [-0.4, -0.2) is 65.8 Å². The normalized spacial score (nSPS) is 18.0. The lowest BCUT2D eigenvalue weighted by molar-refractivity contribution is -0.117. The van der Waals surface area contributed by atoms with Crippen LogP contribution in [0.4, 0.5) is 5.69 Å². The van der Waals surface area contributed by atoms with Crippen molar-refractivity contribution in [3.63, 3.8) is 0 Å². The van der Waals surface area contributed by atoms with Crippen molar-refractivity contribution >= 4 is 40.4 Å². The SMILES string of the molecule is C.O=C(N[C@H]1CC(=O)N(c2ccc(CN3CCOCC3)cc2)C1)c1nnc(CCc2ccc(Cl)cc2)s1. The molecule has 0 bridgehead atoms. The van der Waals surface area contributed by atoms with E-state index in [1.54, 1.807) is 4.90 Å². The van der Waals surface area contributed by atoms with Crippen LogP contribution in [0.3, 0.4) is 0 Å². The van der Waals surface area contributed by atoms with Gasteiger partial charge in [0.15, 0.2) is 0 Å². The zero-order chi connectivity index (χ0) is 24.9. The molecule has 2 aliphatic heterocycles. The van der Waals surface area contributed by atoms with Crippen LogP contribution in [0.2, 0.25) is 5.02 Å². The summed E-state index contributed by atoms with van der Waals surface area (Å²) in [5.74, 6) is -0.284. The molecule has 1 N–H and O–H groups in total. The zero-order valence-corrected chi connectivity index (χ0v) is 21.4. The van der Waals surface area contributed by atoms with E-state index in [4.69, 9.17) is 16.3 Å². The summed E-state index contributed by atoms with van der Waals surface area (Å²) >= 11 is 7.22. The third-order valence-electron chi connectivity index (χ3n) is 6.42. The summed E-state index contributed by atoms with van der Waals surface area (Å²) in [6.07, 6.45) is 1.76. The monoisotopic (exact) mass is 541 g/mol. The Labute approximate surface area is 226 Å². The fourth-order valence-corrected chi connectivity index (χ4v) is 5.32. The summed E-state index contributed by atoms with van der Waals surface area (Å²) in [5.41, 5.74) is 3.21. The van der Waals surface area contributed by atoms with Crippen molar-refractivity contribution in [2.75, 3.05) is 37.7 Å². The average Bonchev–Trinajstić information content (AvgIpc) is 3.51. The van der Waals surface area contributed by atoms with E-state index in [0.717, 1.165) is 55.5 Å². The minimum atomic E-state index is -0.286.